The fraction of sp³-hybridized carbons (Fsp3) is 0.550. The molecule has 1 aromatic rings. The van der Waals surface area contributed by atoms with Gasteiger partial charge in [0.1, 0.15) is 0 Å². The van der Waals surface area contributed by atoms with Crippen molar-refractivity contribution < 1.29 is 14.4 Å². The zero-order valence-corrected chi connectivity index (χ0v) is 18.2. The number of benzene rings is 1. The van der Waals surface area contributed by atoms with E-state index in [1.807, 2.05) is 45.0 Å². The van der Waals surface area contributed by atoms with Crippen LogP contribution in [0.5, 0.6) is 0 Å². The van der Waals surface area contributed by atoms with Crippen molar-refractivity contribution in [3.05, 3.63) is 35.4 Å². The van der Waals surface area contributed by atoms with Gasteiger partial charge >= 0.3 is 6.03 Å². The number of nitrogens with zero attached hydrogens (tertiary/aromatic N) is 2. The van der Waals surface area contributed by atoms with Crippen molar-refractivity contribution in [3.63, 3.8) is 0 Å². The molecule has 2 saturated heterocycles. The minimum atomic E-state index is -0.500. The van der Waals surface area contributed by atoms with Crippen LogP contribution in [0.1, 0.15) is 31.1 Å². The third-order valence-corrected chi connectivity index (χ3v) is 6.52. The highest BCUT2D eigenvalue weighted by Gasteiger charge is 2.51. The van der Waals surface area contributed by atoms with E-state index < -0.39 is 12.1 Å². The summed E-state index contributed by atoms with van der Waals surface area (Å²) in [5.41, 5.74) is 2.15. The Morgan fingerprint density at radius 1 is 1.21 bits per heavy atom. The Balaban J connectivity index is 1.87. The first-order valence-corrected chi connectivity index (χ1v) is 10.8. The van der Waals surface area contributed by atoms with E-state index in [4.69, 9.17) is 0 Å². The molecule has 1 aromatic carbocycles. The smallest absolute Gasteiger partial charge is 0.327 e. The van der Waals surface area contributed by atoms with E-state index in [1.165, 1.54) is 18.8 Å². The lowest BCUT2D eigenvalue weighted by atomic mass is 9.95. The molecule has 0 aromatic heterocycles. The van der Waals surface area contributed by atoms with E-state index in [-0.39, 0.29) is 41.2 Å². The predicted octanol–water partition coefficient (Wildman–Crippen LogP) is 1.24. The van der Waals surface area contributed by atoms with Crippen LogP contribution in [0.15, 0.2) is 24.3 Å². The molecule has 158 valence electrons. The molecule has 4 unspecified atom stereocenters. The first kappa shape index (κ1) is 21.6. The van der Waals surface area contributed by atoms with Gasteiger partial charge < -0.3 is 10.2 Å². The van der Waals surface area contributed by atoms with Gasteiger partial charge in [-0.25, -0.2) is 4.79 Å². The number of thioether (sulfide) groups is 1. The van der Waals surface area contributed by atoms with Crippen LogP contribution in [0, 0.1) is 12.8 Å². The Kier molecular flexibility index (Phi) is 6.50. The van der Waals surface area contributed by atoms with Crippen LogP contribution in [-0.4, -0.2) is 65.1 Å². The fourth-order valence-corrected chi connectivity index (χ4v) is 4.94. The molecule has 4 atom stereocenters. The highest BCUT2D eigenvalue weighted by atomic mass is 32.2. The van der Waals surface area contributed by atoms with E-state index in [9.17, 15) is 14.4 Å². The summed E-state index contributed by atoms with van der Waals surface area (Å²) in [6.07, 6.45) is -0.697. The molecular formula is C20H29N5O3S. The molecule has 4 amide bonds. The van der Waals surface area contributed by atoms with Crippen LogP contribution in [0.2, 0.25) is 0 Å². The van der Waals surface area contributed by atoms with Crippen molar-refractivity contribution in [2.45, 2.75) is 44.5 Å². The number of urea groups is 1. The second-order valence-electron chi connectivity index (χ2n) is 7.84. The maximum absolute atomic E-state index is 12.9. The molecule has 0 spiro atoms. The Morgan fingerprint density at radius 3 is 2.55 bits per heavy atom. The molecule has 3 N–H and O–H groups in total. The second-order valence-corrected chi connectivity index (χ2v) is 8.97. The maximum Gasteiger partial charge on any atom is 0.327 e. The molecule has 0 radical (unpaired) electrons. The highest BCUT2D eigenvalue weighted by molar-refractivity contribution is 8.00. The molecule has 3 rings (SSSR count). The average Bonchev–Trinajstić information content (AvgIpc) is 2.68. The molecule has 2 aliphatic rings. The van der Waals surface area contributed by atoms with Gasteiger partial charge in [0.15, 0.2) is 0 Å². The number of hydrogen-bond donors (Lipinski definition) is 3. The second kappa shape index (κ2) is 8.73. The Labute approximate surface area is 175 Å². The fourth-order valence-electron chi connectivity index (χ4n) is 3.82. The summed E-state index contributed by atoms with van der Waals surface area (Å²) in [5.74, 6) is -0.591. The van der Waals surface area contributed by atoms with Crippen LogP contribution >= 0.6 is 11.8 Å². The van der Waals surface area contributed by atoms with Gasteiger partial charge in [-0.2, -0.15) is 0 Å². The predicted molar refractivity (Wildman–Crippen MR) is 113 cm³/mol. The maximum atomic E-state index is 12.9. The number of carbonyl (C=O) groups is 3. The third-order valence-electron chi connectivity index (χ3n) is 5.30. The van der Waals surface area contributed by atoms with Crippen LogP contribution in [0.25, 0.3) is 0 Å². The number of imide groups is 1. The van der Waals surface area contributed by atoms with E-state index in [0.717, 1.165) is 16.0 Å². The van der Waals surface area contributed by atoms with E-state index in [1.54, 1.807) is 11.9 Å². The first-order valence-electron chi connectivity index (χ1n) is 9.73. The van der Waals surface area contributed by atoms with Crippen LogP contribution < -0.4 is 16.0 Å². The summed E-state index contributed by atoms with van der Waals surface area (Å²) in [7, 11) is 3.20. The molecule has 2 fully saturated rings. The number of amides is 4. The molecule has 0 aliphatic carbocycles. The average molecular weight is 420 g/mol. The lowest BCUT2D eigenvalue weighted by molar-refractivity contribution is -0.140. The first-order chi connectivity index (χ1) is 13.7. The van der Waals surface area contributed by atoms with Crippen molar-refractivity contribution in [3.8, 4) is 0 Å². The van der Waals surface area contributed by atoms with Crippen molar-refractivity contribution in [2.24, 2.45) is 5.92 Å². The molecular weight excluding hydrogens is 390 g/mol. The quantitative estimate of drug-likeness (QED) is 0.665. The minimum Gasteiger partial charge on any atom is -0.353 e. The van der Waals surface area contributed by atoms with Crippen molar-refractivity contribution in [1.82, 2.24) is 25.8 Å². The number of carbonyl (C=O) groups excluding carboxylic acids is 3. The number of nitrogens with one attached hydrogen (secondary N) is 3. The van der Waals surface area contributed by atoms with E-state index in [0.29, 0.717) is 0 Å². The van der Waals surface area contributed by atoms with Gasteiger partial charge in [-0.3, -0.25) is 25.1 Å². The van der Waals surface area contributed by atoms with Crippen molar-refractivity contribution in [1.29, 1.82) is 0 Å². The Hall–Kier alpha value is -2.10. The molecule has 0 bridgehead atoms. The normalized spacial score (nSPS) is 27.2. The summed E-state index contributed by atoms with van der Waals surface area (Å²) in [4.78, 5) is 40.3. The van der Waals surface area contributed by atoms with Crippen LogP contribution in [0.3, 0.4) is 0 Å². The van der Waals surface area contributed by atoms with Gasteiger partial charge in [-0.1, -0.05) is 24.3 Å². The molecule has 9 heteroatoms. The number of aryl methyl sites for hydroxylation is 1. The number of hydrogen-bond acceptors (Lipinski definition) is 6. The molecule has 0 saturated carbocycles. The van der Waals surface area contributed by atoms with Crippen molar-refractivity contribution in [2.75, 3.05) is 19.8 Å². The molecule has 8 nitrogen and oxygen atoms in total. The monoisotopic (exact) mass is 419 g/mol. The van der Waals surface area contributed by atoms with Gasteiger partial charge in [0.05, 0.1) is 29.4 Å². The SMILES string of the molecule is Cc1ccccc1C1NC(SCC(=O)NC(C)C)C2C(=O)N(C)C(=O)N(C)C2N1. The van der Waals surface area contributed by atoms with Gasteiger partial charge in [-0.15, -0.1) is 11.8 Å². The van der Waals surface area contributed by atoms with Gasteiger partial charge in [0, 0.05) is 20.1 Å². The summed E-state index contributed by atoms with van der Waals surface area (Å²) < 4.78 is 0. The molecule has 29 heavy (non-hydrogen) atoms. The number of rotatable bonds is 5. The zero-order chi connectivity index (χ0) is 21.3. The summed E-state index contributed by atoms with van der Waals surface area (Å²) in [6, 6.07) is 7.70. The highest BCUT2D eigenvalue weighted by Crippen LogP contribution is 2.34. The topological polar surface area (TPSA) is 93.8 Å². The molecule has 2 heterocycles. The lowest BCUT2D eigenvalue weighted by Crippen LogP contribution is -2.72. The van der Waals surface area contributed by atoms with Gasteiger partial charge in [0.25, 0.3) is 0 Å². The minimum absolute atomic E-state index is 0.0581. The van der Waals surface area contributed by atoms with Crippen LogP contribution in [0.4, 0.5) is 4.79 Å². The summed E-state index contributed by atoms with van der Waals surface area (Å²) >= 11 is 1.40. The van der Waals surface area contributed by atoms with Gasteiger partial charge in [0.2, 0.25) is 11.8 Å². The number of fused-ring (bicyclic) bond motifs is 1. The van der Waals surface area contributed by atoms with Crippen LogP contribution in [-0.2, 0) is 9.59 Å². The molecule has 2 aliphatic heterocycles. The Bertz CT molecular complexity index is 802. The largest absolute Gasteiger partial charge is 0.353 e. The summed E-state index contributed by atoms with van der Waals surface area (Å²) in [6.45, 7) is 5.85. The third kappa shape index (κ3) is 4.41. The lowest BCUT2D eigenvalue weighted by Gasteiger charge is -2.50. The summed E-state index contributed by atoms with van der Waals surface area (Å²) in [5, 5.41) is 9.47. The van der Waals surface area contributed by atoms with Crippen molar-refractivity contribution >= 4 is 29.6 Å². The van der Waals surface area contributed by atoms with E-state index in [2.05, 4.69) is 16.0 Å². The van der Waals surface area contributed by atoms with E-state index >= 15 is 0 Å². The Morgan fingerprint density at radius 2 is 1.90 bits per heavy atom. The standard InChI is InChI=1S/C20H29N5O3S/c1-11(2)21-14(26)10-29-18-15-17(24(4)20(28)25(5)19(15)27)22-16(23-18)13-9-7-6-8-12(13)3/h6-9,11,15-18,22-23H,10H2,1-5H3,(H,21,26). The zero-order valence-electron chi connectivity index (χ0n) is 17.4. The van der Waals surface area contributed by atoms with Gasteiger partial charge in [-0.05, 0) is 31.9 Å².